The van der Waals surface area contributed by atoms with Crippen LogP contribution in [0.3, 0.4) is 0 Å². The first-order chi connectivity index (χ1) is 13.8. The highest BCUT2D eigenvalue weighted by molar-refractivity contribution is 7.92. The highest BCUT2D eigenvalue weighted by Crippen LogP contribution is 2.44. The summed E-state index contributed by atoms with van der Waals surface area (Å²) in [6.45, 7) is 2.18. The Hall–Kier alpha value is -2.07. The number of nitrogens with one attached hydrogen (secondary N) is 1. The van der Waals surface area contributed by atoms with Gasteiger partial charge in [-0.25, -0.2) is 13.4 Å². The SMILES string of the molecule is O=C1CN(c2c(O)cc3c(c2F)C[C@H](CN(CC2CC2)CC2CC2)O3)S(=O)(=O)N1. The third-order valence-corrected chi connectivity index (χ3v) is 7.34. The van der Waals surface area contributed by atoms with Crippen molar-refractivity contribution in [2.45, 2.75) is 38.2 Å². The summed E-state index contributed by atoms with van der Waals surface area (Å²) < 4.78 is 47.6. The van der Waals surface area contributed by atoms with Gasteiger partial charge in [0.2, 0.25) is 0 Å². The van der Waals surface area contributed by atoms with Gasteiger partial charge >= 0.3 is 10.2 Å². The molecule has 2 saturated carbocycles. The minimum Gasteiger partial charge on any atom is -0.505 e. The fraction of sp³-hybridized carbons (Fsp3) is 0.632. The predicted molar refractivity (Wildman–Crippen MR) is 102 cm³/mol. The van der Waals surface area contributed by atoms with Crippen molar-refractivity contribution >= 4 is 21.8 Å². The largest absolute Gasteiger partial charge is 0.505 e. The maximum atomic E-state index is 15.2. The summed E-state index contributed by atoms with van der Waals surface area (Å²) in [6.07, 6.45) is 5.09. The molecule has 10 heteroatoms. The number of anilines is 1. The number of hydrogen-bond donors (Lipinski definition) is 2. The molecule has 1 amide bonds. The molecule has 29 heavy (non-hydrogen) atoms. The molecule has 2 aliphatic carbocycles. The normalized spacial score (nSPS) is 25.2. The summed E-state index contributed by atoms with van der Waals surface area (Å²) in [6, 6.07) is 1.25. The van der Waals surface area contributed by atoms with Gasteiger partial charge in [0.15, 0.2) is 5.82 Å². The van der Waals surface area contributed by atoms with Crippen molar-refractivity contribution < 1.29 is 27.4 Å². The molecule has 5 rings (SSSR count). The molecule has 2 heterocycles. The van der Waals surface area contributed by atoms with Crippen molar-refractivity contribution in [3.8, 4) is 11.5 Å². The second-order valence-electron chi connectivity index (χ2n) is 8.62. The van der Waals surface area contributed by atoms with Crippen LogP contribution in [0.2, 0.25) is 0 Å². The van der Waals surface area contributed by atoms with E-state index in [1.54, 1.807) is 4.72 Å². The first-order valence-corrected chi connectivity index (χ1v) is 11.5. The van der Waals surface area contributed by atoms with Crippen LogP contribution in [-0.2, 0) is 21.4 Å². The molecule has 0 aromatic heterocycles. The molecule has 1 atom stereocenters. The molecule has 3 fully saturated rings. The zero-order valence-corrected chi connectivity index (χ0v) is 16.8. The summed E-state index contributed by atoms with van der Waals surface area (Å²) in [4.78, 5) is 13.9. The fourth-order valence-corrected chi connectivity index (χ4v) is 5.38. The van der Waals surface area contributed by atoms with Crippen molar-refractivity contribution in [2.24, 2.45) is 11.8 Å². The Bertz CT molecular complexity index is 947. The highest BCUT2D eigenvalue weighted by atomic mass is 32.2. The van der Waals surface area contributed by atoms with E-state index in [-0.39, 0.29) is 17.4 Å². The fourth-order valence-electron chi connectivity index (χ4n) is 4.22. The average molecular weight is 425 g/mol. The van der Waals surface area contributed by atoms with E-state index in [2.05, 4.69) is 4.90 Å². The van der Waals surface area contributed by atoms with Crippen LogP contribution in [0.25, 0.3) is 0 Å². The van der Waals surface area contributed by atoms with E-state index in [0.29, 0.717) is 17.3 Å². The van der Waals surface area contributed by atoms with Crippen molar-refractivity contribution in [2.75, 3.05) is 30.5 Å². The van der Waals surface area contributed by atoms with Gasteiger partial charge in [-0.1, -0.05) is 0 Å². The minimum atomic E-state index is -4.21. The van der Waals surface area contributed by atoms with E-state index >= 15 is 4.39 Å². The number of carbonyl (C=O) groups is 1. The molecule has 0 radical (unpaired) electrons. The highest BCUT2D eigenvalue weighted by Gasteiger charge is 2.40. The Labute approximate surface area is 168 Å². The number of carbonyl (C=O) groups excluding carboxylic acids is 1. The van der Waals surface area contributed by atoms with Gasteiger partial charge in [-0.15, -0.1) is 0 Å². The zero-order valence-electron chi connectivity index (χ0n) is 15.9. The Morgan fingerprint density at radius 3 is 2.41 bits per heavy atom. The Kier molecular flexibility index (Phi) is 4.39. The Morgan fingerprint density at radius 1 is 1.21 bits per heavy atom. The van der Waals surface area contributed by atoms with Crippen LogP contribution in [0.5, 0.6) is 11.5 Å². The first-order valence-electron chi connectivity index (χ1n) is 10.1. The average Bonchev–Trinajstić information content (AvgIpc) is 3.53. The van der Waals surface area contributed by atoms with Gasteiger partial charge in [0.25, 0.3) is 5.91 Å². The molecule has 0 spiro atoms. The topological polar surface area (TPSA) is 99.2 Å². The van der Waals surface area contributed by atoms with E-state index < -0.39 is 39.9 Å². The second-order valence-corrected chi connectivity index (χ2v) is 10.2. The third-order valence-electron chi connectivity index (χ3n) is 5.96. The first kappa shape index (κ1) is 18.9. The summed E-state index contributed by atoms with van der Waals surface area (Å²) in [5, 5.41) is 10.3. The lowest BCUT2D eigenvalue weighted by Crippen LogP contribution is -2.37. The van der Waals surface area contributed by atoms with Crippen LogP contribution in [0.15, 0.2) is 6.07 Å². The lowest BCUT2D eigenvalue weighted by atomic mass is 10.1. The lowest BCUT2D eigenvalue weighted by molar-refractivity contribution is -0.117. The van der Waals surface area contributed by atoms with Crippen LogP contribution >= 0.6 is 0 Å². The zero-order chi connectivity index (χ0) is 20.3. The molecule has 1 aromatic carbocycles. The number of phenols is 1. The smallest absolute Gasteiger partial charge is 0.326 e. The number of benzene rings is 1. The molecular formula is C19H24FN3O5S. The number of phenolic OH excluding ortho intramolecular Hbond substituents is 1. The number of aromatic hydroxyl groups is 1. The molecule has 1 saturated heterocycles. The third kappa shape index (κ3) is 3.75. The van der Waals surface area contributed by atoms with E-state index in [4.69, 9.17) is 4.74 Å². The molecule has 8 nitrogen and oxygen atoms in total. The van der Waals surface area contributed by atoms with E-state index in [9.17, 15) is 18.3 Å². The molecule has 4 aliphatic rings. The number of amides is 1. The van der Waals surface area contributed by atoms with Crippen molar-refractivity contribution in [1.82, 2.24) is 9.62 Å². The minimum absolute atomic E-state index is 0.238. The molecule has 0 unspecified atom stereocenters. The van der Waals surface area contributed by atoms with Crippen LogP contribution in [0.4, 0.5) is 10.1 Å². The van der Waals surface area contributed by atoms with E-state index in [1.807, 2.05) is 0 Å². The number of halogens is 1. The van der Waals surface area contributed by atoms with Crippen LogP contribution in [-0.4, -0.2) is 56.6 Å². The molecule has 2 N–H and O–H groups in total. The van der Waals surface area contributed by atoms with Gasteiger partial charge in [-0.3, -0.25) is 9.69 Å². The van der Waals surface area contributed by atoms with Crippen LogP contribution in [0, 0.1) is 17.7 Å². The molecule has 0 bridgehead atoms. The standard InChI is InChI=1S/C19H24FN3O5S/c20-18-14-5-13(9-22(7-11-1-2-11)8-12-3-4-12)28-16(14)6-15(24)19(18)23-10-17(25)21-29(23,26)27/h6,11-13,24H,1-5,7-10H2,(H,21,25)/t13-/m1/s1. The van der Waals surface area contributed by atoms with Gasteiger partial charge in [-0.05, 0) is 37.5 Å². The number of nitrogens with zero attached hydrogens (tertiary/aromatic N) is 2. The number of ether oxygens (including phenoxy) is 1. The maximum absolute atomic E-state index is 15.2. The Balaban J connectivity index is 1.36. The van der Waals surface area contributed by atoms with Crippen molar-refractivity contribution in [1.29, 1.82) is 0 Å². The summed E-state index contributed by atoms with van der Waals surface area (Å²) in [5.74, 6) is -0.449. The van der Waals surface area contributed by atoms with Crippen LogP contribution < -0.4 is 13.8 Å². The van der Waals surface area contributed by atoms with E-state index in [0.717, 1.165) is 24.9 Å². The molecule has 1 aromatic rings. The van der Waals surface area contributed by atoms with Gasteiger partial charge in [0.1, 0.15) is 29.8 Å². The quantitative estimate of drug-likeness (QED) is 0.680. The predicted octanol–water partition coefficient (Wildman–Crippen LogP) is 1.14. The summed E-state index contributed by atoms with van der Waals surface area (Å²) >= 11 is 0. The monoisotopic (exact) mass is 425 g/mol. The molecule has 158 valence electrons. The van der Waals surface area contributed by atoms with Crippen molar-refractivity contribution in [3.05, 3.63) is 17.4 Å². The van der Waals surface area contributed by atoms with Crippen LogP contribution in [0.1, 0.15) is 31.2 Å². The van der Waals surface area contributed by atoms with Gasteiger partial charge < -0.3 is 9.84 Å². The van der Waals surface area contributed by atoms with Gasteiger partial charge in [0, 0.05) is 37.7 Å². The number of hydrogen-bond acceptors (Lipinski definition) is 6. The summed E-state index contributed by atoms with van der Waals surface area (Å²) in [7, 11) is -4.21. The van der Waals surface area contributed by atoms with E-state index in [1.165, 1.54) is 31.7 Å². The maximum Gasteiger partial charge on any atom is 0.326 e. The molecule has 2 aliphatic heterocycles. The van der Waals surface area contributed by atoms with Gasteiger partial charge in [-0.2, -0.15) is 8.42 Å². The molecular weight excluding hydrogens is 401 g/mol. The Morgan fingerprint density at radius 2 is 1.86 bits per heavy atom. The van der Waals surface area contributed by atoms with Gasteiger partial charge in [0.05, 0.1) is 0 Å². The number of fused-ring (bicyclic) bond motifs is 1. The second kappa shape index (κ2) is 6.73. The lowest BCUT2D eigenvalue weighted by Gasteiger charge is -2.25. The summed E-state index contributed by atoms with van der Waals surface area (Å²) in [5.41, 5.74) is -0.255. The van der Waals surface area contributed by atoms with Crippen molar-refractivity contribution in [3.63, 3.8) is 0 Å². The number of rotatable bonds is 7.